The highest BCUT2D eigenvalue weighted by Crippen LogP contribution is 2.31. The van der Waals surface area contributed by atoms with Crippen molar-refractivity contribution in [2.75, 3.05) is 0 Å². The van der Waals surface area contributed by atoms with Crippen LogP contribution in [0.2, 0.25) is 0 Å². The summed E-state index contributed by atoms with van der Waals surface area (Å²) >= 11 is 1.73. The SMILES string of the molecule is CC1=NC2C=CC(C=O)=CC2S1. The molecule has 2 aliphatic rings. The zero-order valence-corrected chi connectivity index (χ0v) is 7.54. The van der Waals surface area contributed by atoms with Crippen molar-refractivity contribution in [3.8, 4) is 0 Å². The van der Waals surface area contributed by atoms with E-state index in [0.717, 1.165) is 16.9 Å². The molecule has 0 fully saturated rings. The third-order valence-electron chi connectivity index (χ3n) is 1.95. The van der Waals surface area contributed by atoms with Crippen LogP contribution in [0.5, 0.6) is 0 Å². The molecule has 62 valence electrons. The molecule has 0 bridgehead atoms. The van der Waals surface area contributed by atoms with Crippen LogP contribution in [0, 0.1) is 0 Å². The fourth-order valence-electron chi connectivity index (χ4n) is 1.40. The van der Waals surface area contributed by atoms with E-state index < -0.39 is 0 Å². The van der Waals surface area contributed by atoms with E-state index in [9.17, 15) is 4.79 Å². The predicted molar refractivity (Wildman–Crippen MR) is 51.6 cm³/mol. The maximum absolute atomic E-state index is 10.5. The van der Waals surface area contributed by atoms with E-state index in [1.807, 2.05) is 25.2 Å². The van der Waals surface area contributed by atoms with Gasteiger partial charge in [-0.3, -0.25) is 9.79 Å². The summed E-state index contributed by atoms with van der Waals surface area (Å²) in [6.07, 6.45) is 6.72. The normalized spacial score (nSPS) is 32.4. The average Bonchev–Trinajstić information content (AvgIpc) is 2.43. The van der Waals surface area contributed by atoms with E-state index in [2.05, 4.69) is 4.99 Å². The fourth-order valence-corrected chi connectivity index (χ4v) is 2.49. The Labute approximate surface area is 75.4 Å². The number of fused-ring (bicyclic) bond motifs is 1. The average molecular weight is 179 g/mol. The van der Waals surface area contributed by atoms with Gasteiger partial charge < -0.3 is 0 Å². The van der Waals surface area contributed by atoms with Gasteiger partial charge >= 0.3 is 0 Å². The summed E-state index contributed by atoms with van der Waals surface area (Å²) in [6, 6.07) is 0.263. The van der Waals surface area contributed by atoms with Crippen molar-refractivity contribution in [1.29, 1.82) is 0 Å². The Kier molecular flexibility index (Phi) is 1.89. The van der Waals surface area contributed by atoms with Crippen LogP contribution < -0.4 is 0 Å². The van der Waals surface area contributed by atoms with Crippen LogP contribution in [0.3, 0.4) is 0 Å². The number of allylic oxidation sites excluding steroid dienone is 2. The minimum atomic E-state index is 0.263. The molecule has 0 saturated carbocycles. The summed E-state index contributed by atoms with van der Waals surface area (Å²) in [6.45, 7) is 2.01. The van der Waals surface area contributed by atoms with Crippen molar-refractivity contribution in [2.45, 2.75) is 18.2 Å². The molecular weight excluding hydrogens is 170 g/mol. The number of aldehydes is 1. The van der Waals surface area contributed by atoms with Crippen molar-refractivity contribution in [1.82, 2.24) is 0 Å². The highest BCUT2D eigenvalue weighted by molar-refractivity contribution is 8.14. The van der Waals surface area contributed by atoms with Gasteiger partial charge in [-0.05, 0) is 6.92 Å². The second kappa shape index (κ2) is 2.90. The maximum Gasteiger partial charge on any atom is 0.149 e. The van der Waals surface area contributed by atoms with Crippen molar-refractivity contribution < 1.29 is 4.79 Å². The zero-order valence-electron chi connectivity index (χ0n) is 6.73. The molecule has 1 aliphatic heterocycles. The van der Waals surface area contributed by atoms with E-state index >= 15 is 0 Å². The van der Waals surface area contributed by atoms with Crippen LogP contribution in [0.25, 0.3) is 0 Å². The lowest BCUT2D eigenvalue weighted by Gasteiger charge is -2.13. The first-order valence-electron chi connectivity index (χ1n) is 3.86. The van der Waals surface area contributed by atoms with E-state index in [4.69, 9.17) is 0 Å². The second-order valence-corrected chi connectivity index (χ2v) is 4.24. The van der Waals surface area contributed by atoms with Gasteiger partial charge in [0.05, 0.1) is 16.3 Å². The first-order chi connectivity index (χ1) is 5.79. The number of hydrogen-bond acceptors (Lipinski definition) is 3. The molecule has 1 aliphatic carbocycles. The van der Waals surface area contributed by atoms with Crippen LogP contribution in [-0.4, -0.2) is 22.6 Å². The van der Waals surface area contributed by atoms with Crippen molar-refractivity contribution in [3.63, 3.8) is 0 Å². The minimum Gasteiger partial charge on any atom is -0.298 e. The van der Waals surface area contributed by atoms with Gasteiger partial charge in [0.25, 0.3) is 0 Å². The maximum atomic E-state index is 10.5. The summed E-state index contributed by atoms with van der Waals surface area (Å²) in [4.78, 5) is 14.9. The minimum absolute atomic E-state index is 0.263. The lowest BCUT2D eigenvalue weighted by molar-refractivity contribution is -0.104. The highest BCUT2D eigenvalue weighted by atomic mass is 32.2. The van der Waals surface area contributed by atoms with Gasteiger partial charge in [0.15, 0.2) is 0 Å². The topological polar surface area (TPSA) is 29.4 Å². The number of carbonyl (C=O) groups excluding carboxylic acids is 1. The van der Waals surface area contributed by atoms with Gasteiger partial charge in [-0.2, -0.15) is 0 Å². The standard InChI is InChI=1S/C9H9NOS/c1-6-10-8-3-2-7(5-11)4-9(8)12-6/h2-5,8-9H,1H3. The molecule has 0 aromatic carbocycles. The molecule has 0 amide bonds. The van der Waals surface area contributed by atoms with E-state index in [0.29, 0.717) is 5.25 Å². The Morgan fingerprint density at radius 3 is 3.25 bits per heavy atom. The molecule has 0 spiro atoms. The molecule has 12 heavy (non-hydrogen) atoms. The monoisotopic (exact) mass is 179 g/mol. The molecule has 1 heterocycles. The first kappa shape index (κ1) is 7.80. The van der Waals surface area contributed by atoms with E-state index in [-0.39, 0.29) is 6.04 Å². The molecule has 2 atom stereocenters. The van der Waals surface area contributed by atoms with Gasteiger partial charge in [-0.25, -0.2) is 0 Å². The molecule has 2 rings (SSSR count). The van der Waals surface area contributed by atoms with Gasteiger partial charge in [0.2, 0.25) is 0 Å². The van der Waals surface area contributed by atoms with Crippen LogP contribution >= 0.6 is 11.8 Å². The Bertz CT molecular complexity index is 304. The molecule has 3 heteroatoms. The van der Waals surface area contributed by atoms with Gasteiger partial charge in [-0.1, -0.05) is 18.2 Å². The van der Waals surface area contributed by atoms with Gasteiger partial charge in [-0.15, -0.1) is 11.8 Å². The summed E-state index contributed by atoms with van der Waals surface area (Å²) in [7, 11) is 0. The smallest absolute Gasteiger partial charge is 0.149 e. The van der Waals surface area contributed by atoms with Crippen LogP contribution in [-0.2, 0) is 4.79 Å². The first-order valence-corrected chi connectivity index (χ1v) is 4.74. The molecular formula is C9H9NOS. The zero-order chi connectivity index (χ0) is 8.55. The Morgan fingerprint density at radius 1 is 1.67 bits per heavy atom. The van der Waals surface area contributed by atoms with E-state index in [1.165, 1.54) is 0 Å². The molecule has 0 aromatic heterocycles. The number of rotatable bonds is 1. The van der Waals surface area contributed by atoms with Crippen LogP contribution in [0.1, 0.15) is 6.92 Å². The third kappa shape index (κ3) is 1.25. The molecule has 0 radical (unpaired) electrons. The predicted octanol–water partition coefficient (Wildman–Crippen LogP) is 1.58. The molecule has 2 nitrogen and oxygen atoms in total. The van der Waals surface area contributed by atoms with Gasteiger partial charge in [0.1, 0.15) is 6.29 Å². The lowest BCUT2D eigenvalue weighted by Crippen LogP contribution is -2.15. The number of aliphatic imine (C=N–C) groups is 1. The van der Waals surface area contributed by atoms with Crippen molar-refractivity contribution in [2.24, 2.45) is 4.99 Å². The number of thioether (sulfide) groups is 1. The molecule has 0 saturated heterocycles. The summed E-state index contributed by atoms with van der Waals surface area (Å²) in [5.74, 6) is 0. The van der Waals surface area contributed by atoms with Crippen LogP contribution in [0.4, 0.5) is 0 Å². The number of carbonyl (C=O) groups is 1. The Balaban J connectivity index is 2.23. The van der Waals surface area contributed by atoms with Crippen LogP contribution in [0.15, 0.2) is 28.8 Å². The summed E-state index contributed by atoms with van der Waals surface area (Å²) in [5.41, 5.74) is 0.772. The number of hydrogen-bond donors (Lipinski definition) is 0. The summed E-state index contributed by atoms with van der Waals surface area (Å²) < 4.78 is 0. The largest absolute Gasteiger partial charge is 0.298 e. The fraction of sp³-hybridized carbons (Fsp3) is 0.333. The van der Waals surface area contributed by atoms with Crippen molar-refractivity contribution in [3.05, 3.63) is 23.8 Å². The number of nitrogens with zero attached hydrogens (tertiary/aromatic N) is 1. The Hall–Kier alpha value is -0.830. The van der Waals surface area contributed by atoms with Crippen molar-refractivity contribution >= 4 is 23.1 Å². The molecule has 2 unspecified atom stereocenters. The van der Waals surface area contributed by atoms with Gasteiger partial charge in [0, 0.05) is 5.57 Å². The quantitative estimate of drug-likeness (QED) is 0.572. The highest BCUT2D eigenvalue weighted by Gasteiger charge is 2.26. The Morgan fingerprint density at radius 2 is 2.50 bits per heavy atom. The summed E-state index contributed by atoms with van der Waals surface area (Å²) in [5, 5.41) is 1.47. The molecule has 0 N–H and O–H groups in total. The van der Waals surface area contributed by atoms with E-state index in [1.54, 1.807) is 11.8 Å². The second-order valence-electron chi connectivity index (χ2n) is 2.86. The lowest BCUT2D eigenvalue weighted by atomic mass is 10.0. The third-order valence-corrected chi connectivity index (χ3v) is 3.09. The molecule has 0 aromatic rings.